The summed E-state index contributed by atoms with van der Waals surface area (Å²) < 4.78 is 0. The van der Waals surface area contributed by atoms with Gasteiger partial charge in [-0.1, -0.05) is 12.2 Å². The van der Waals surface area contributed by atoms with Crippen molar-refractivity contribution >= 4 is 12.3 Å². The maximum Gasteiger partial charge on any atom is 0.196 e. The lowest BCUT2D eigenvalue weighted by molar-refractivity contribution is 0.675. The van der Waals surface area contributed by atoms with Crippen LogP contribution < -0.4 is 5.73 Å². The van der Waals surface area contributed by atoms with Crippen molar-refractivity contribution in [3.63, 3.8) is 0 Å². The number of rotatable bonds is 2. The Bertz CT molecular complexity index is 325. The Morgan fingerprint density at radius 3 is 3.14 bits per heavy atom. The first kappa shape index (κ1) is 8.99. The fourth-order valence-corrected chi connectivity index (χ4v) is 1.44. The highest BCUT2D eigenvalue weighted by molar-refractivity contribution is 5.90. The van der Waals surface area contributed by atoms with Gasteiger partial charge in [-0.15, -0.1) is 0 Å². The van der Waals surface area contributed by atoms with E-state index in [1.165, 1.54) is 0 Å². The molecule has 0 spiro atoms. The van der Waals surface area contributed by atoms with Crippen LogP contribution in [0.3, 0.4) is 0 Å². The van der Waals surface area contributed by atoms with E-state index in [9.17, 15) is 0 Å². The summed E-state index contributed by atoms with van der Waals surface area (Å²) in [5.41, 5.74) is 6.75. The minimum Gasteiger partial charge on any atom is -0.369 e. The molecule has 0 aromatic heterocycles. The summed E-state index contributed by atoms with van der Waals surface area (Å²) in [5, 5.41) is 0. The van der Waals surface area contributed by atoms with Gasteiger partial charge < -0.3 is 10.6 Å². The molecule has 0 atom stereocenters. The molecule has 0 saturated heterocycles. The van der Waals surface area contributed by atoms with Gasteiger partial charge in [-0.3, -0.25) is 4.99 Å². The van der Waals surface area contributed by atoms with Crippen molar-refractivity contribution in [1.82, 2.24) is 4.90 Å². The normalized spacial score (nSPS) is 21.6. The number of hydrogen-bond acceptors (Lipinski definition) is 3. The van der Waals surface area contributed by atoms with Crippen molar-refractivity contribution < 1.29 is 0 Å². The highest BCUT2D eigenvalue weighted by atomic mass is 15.3. The first-order valence-corrected chi connectivity index (χ1v) is 4.83. The molecule has 0 amide bonds. The summed E-state index contributed by atoms with van der Waals surface area (Å²) in [6.45, 7) is 1.62. The van der Waals surface area contributed by atoms with Gasteiger partial charge in [0.25, 0.3) is 0 Å². The second kappa shape index (κ2) is 4.09. The van der Waals surface area contributed by atoms with Crippen LogP contribution in [0.1, 0.15) is 12.8 Å². The van der Waals surface area contributed by atoms with E-state index in [1.807, 2.05) is 17.1 Å². The van der Waals surface area contributed by atoms with E-state index >= 15 is 0 Å². The Kier molecular flexibility index (Phi) is 2.62. The molecule has 0 aromatic carbocycles. The number of nitrogens with two attached hydrogens (primary N) is 1. The molecule has 1 heterocycles. The minimum atomic E-state index is 0.570. The van der Waals surface area contributed by atoms with Crippen LogP contribution in [0, 0.1) is 0 Å². The Balaban J connectivity index is 1.96. The third-order valence-corrected chi connectivity index (χ3v) is 2.26. The maximum atomic E-state index is 5.65. The quantitative estimate of drug-likeness (QED) is 0.519. The number of aliphatic imine (C=N–C) groups is 2. The van der Waals surface area contributed by atoms with Crippen molar-refractivity contribution in [3.8, 4) is 0 Å². The Morgan fingerprint density at radius 2 is 2.50 bits per heavy atom. The van der Waals surface area contributed by atoms with Crippen molar-refractivity contribution in [2.75, 3.05) is 13.1 Å². The van der Waals surface area contributed by atoms with Crippen LogP contribution in [0.5, 0.6) is 0 Å². The zero-order valence-corrected chi connectivity index (χ0v) is 8.06. The van der Waals surface area contributed by atoms with Crippen molar-refractivity contribution in [2.45, 2.75) is 12.8 Å². The van der Waals surface area contributed by atoms with E-state index in [-0.39, 0.29) is 0 Å². The van der Waals surface area contributed by atoms with Crippen LogP contribution in [-0.4, -0.2) is 30.3 Å². The van der Waals surface area contributed by atoms with Crippen LogP contribution in [0.25, 0.3) is 0 Å². The third-order valence-electron chi connectivity index (χ3n) is 2.26. The first-order valence-electron chi connectivity index (χ1n) is 4.83. The van der Waals surface area contributed by atoms with Gasteiger partial charge in [0.05, 0.1) is 12.9 Å². The molecule has 0 unspecified atom stereocenters. The van der Waals surface area contributed by atoms with Gasteiger partial charge >= 0.3 is 0 Å². The van der Waals surface area contributed by atoms with E-state index in [0.29, 0.717) is 5.96 Å². The summed E-state index contributed by atoms with van der Waals surface area (Å²) in [5.74, 6) is 0.570. The maximum absolute atomic E-state index is 5.65. The van der Waals surface area contributed by atoms with Gasteiger partial charge in [-0.25, -0.2) is 4.99 Å². The smallest absolute Gasteiger partial charge is 0.196 e. The molecule has 2 aliphatic rings. The molecule has 74 valence electrons. The molecule has 0 radical (unpaired) electrons. The molecule has 2 N–H and O–H groups in total. The monoisotopic (exact) mass is 190 g/mol. The summed E-state index contributed by atoms with van der Waals surface area (Å²) in [7, 11) is 0. The molecule has 4 heteroatoms. The van der Waals surface area contributed by atoms with Crippen molar-refractivity contribution in [2.24, 2.45) is 15.7 Å². The largest absolute Gasteiger partial charge is 0.369 e. The highest BCUT2D eigenvalue weighted by Crippen LogP contribution is 2.12. The van der Waals surface area contributed by atoms with Gasteiger partial charge in [0, 0.05) is 12.2 Å². The number of hydrogen-bond donors (Lipinski definition) is 1. The van der Waals surface area contributed by atoms with Crippen molar-refractivity contribution in [3.05, 3.63) is 23.9 Å². The fraction of sp³-hybridized carbons (Fsp3) is 0.400. The average Bonchev–Trinajstić information content (AvgIpc) is 2.63. The molecule has 0 saturated carbocycles. The van der Waals surface area contributed by atoms with Gasteiger partial charge in [0.15, 0.2) is 5.96 Å². The summed E-state index contributed by atoms with van der Waals surface area (Å²) >= 11 is 0. The summed E-state index contributed by atoms with van der Waals surface area (Å²) in [6.07, 6.45) is 10.1. The fourth-order valence-electron chi connectivity index (χ4n) is 1.44. The predicted molar refractivity (Wildman–Crippen MR) is 58.1 cm³/mol. The highest BCUT2D eigenvalue weighted by Gasteiger charge is 2.10. The molecule has 0 aromatic rings. The number of nitrogens with zero attached hydrogens (tertiary/aromatic N) is 3. The standard InChI is InChI=1S/C10H14N4/c11-10-12-6-7-14(10)8-13-9-4-2-1-3-5-9/h1-2,4,8H,3,5-7H2,(H2,11,12). The van der Waals surface area contributed by atoms with Crippen molar-refractivity contribution in [1.29, 1.82) is 0 Å². The van der Waals surface area contributed by atoms with E-state index in [0.717, 1.165) is 31.6 Å². The van der Waals surface area contributed by atoms with Gasteiger partial charge in [0.2, 0.25) is 0 Å². The van der Waals surface area contributed by atoms with E-state index < -0.39 is 0 Å². The summed E-state index contributed by atoms with van der Waals surface area (Å²) in [6, 6.07) is 0. The van der Waals surface area contributed by atoms with Crippen LogP contribution in [0.15, 0.2) is 33.9 Å². The minimum absolute atomic E-state index is 0.570. The molecule has 2 rings (SSSR count). The predicted octanol–water partition coefficient (Wildman–Crippen LogP) is 0.879. The molecule has 0 fully saturated rings. The third kappa shape index (κ3) is 2.02. The zero-order chi connectivity index (χ0) is 9.80. The Hall–Kier alpha value is -1.58. The number of allylic oxidation sites excluding steroid dienone is 4. The topological polar surface area (TPSA) is 54.0 Å². The van der Waals surface area contributed by atoms with Crippen LogP contribution >= 0.6 is 0 Å². The molecule has 14 heavy (non-hydrogen) atoms. The van der Waals surface area contributed by atoms with Crippen LogP contribution in [0.2, 0.25) is 0 Å². The van der Waals surface area contributed by atoms with E-state index in [1.54, 1.807) is 6.34 Å². The van der Waals surface area contributed by atoms with E-state index in [4.69, 9.17) is 5.73 Å². The van der Waals surface area contributed by atoms with E-state index in [2.05, 4.69) is 16.1 Å². The first-order chi connectivity index (χ1) is 6.86. The summed E-state index contributed by atoms with van der Waals surface area (Å²) in [4.78, 5) is 10.3. The van der Waals surface area contributed by atoms with Gasteiger partial charge in [-0.2, -0.15) is 0 Å². The van der Waals surface area contributed by atoms with Gasteiger partial charge in [-0.05, 0) is 18.9 Å². The Labute approximate surface area is 83.5 Å². The zero-order valence-electron chi connectivity index (χ0n) is 8.06. The molecule has 1 aliphatic heterocycles. The lowest BCUT2D eigenvalue weighted by Crippen LogP contribution is -2.32. The number of guanidine groups is 1. The SMILES string of the molecule is NC1=NCCN1C=NC1=CC=CCC1. The lowest BCUT2D eigenvalue weighted by Gasteiger charge is -2.10. The average molecular weight is 190 g/mol. The molecule has 0 bridgehead atoms. The van der Waals surface area contributed by atoms with Gasteiger partial charge in [0.1, 0.15) is 0 Å². The molecular weight excluding hydrogens is 176 g/mol. The molecular formula is C10H14N4. The van der Waals surface area contributed by atoms with Crippen LogP contribution in [-0.2, 0) is 0 Å². The second-order valence-corrected chi connectivity index (χ2v) is 3.30. The second-order valence-electron chi connectivity index (χ2n) is 3.30. The lowest BCUT2D eigenvalue weighted by atomic mass is 10.1. The molecule has 4 nitrogen and oxygen atoms in total. The molecule has 1 aliphatic carbocycles. The Morgan fingerprint density at radius 1 is 1.57 bits per heavy atom. The van der Waals surface area contributed by atoms with Crippen LogP contribution in [0.4, 0.5) is 0 Å².